The molecule has 0 saturated carbocycles. The standard InChI is InChI=1S/C15H32N2/c1-6-8-15-11-17(14(5)10-16-15)13(4)9-12(3)7-2/h12-16H,6-11H2,1-5H3. The number of rotatable bonds is 6. The summed E-state index contributed by atoms with van der Waals surface area (Å²) in [5.74, 6) is 0.858. The zero-order valence-corrected chi connectivity index (χ0v) is 12.5. The van der Waals surface area contributed by atoms with E-state index in [1.54, 1.807) is 0 Å². The second-order valence-electron chi connectivity index (χ2n) is 6.04. The van der Waals surface area contributed by atoms with Crippen molar-refractivity contribution < 1.29 is 0 Å². The van der Waals surface area contributed by atoms with Crippen LogP contribution in [0.5, 0.6) is 0 Å². The lowest BCUT2D eigenvalue weighted by Crippen LogP contribution is -2.58. The highest BCUT2D eigenvalue weighted by Crippen LogP contribution is 2.19. The molecule has 1 heterocycles. The molecule has 0 aliphatic carbocycles. The van der Waals surface area contributed by atoms with E-state index >= 15 is 0 Å². The first-order valence-electron chi connectivity index (χ1n) is 7.57. The van der Waals surface area contributed by atoms with Crippen molar-refractivity contribution in [1.29, 1.82) is 0 Å². The summed E-state index contributed by atoms with van der Waals surface area (Å²) in [6.45, 7) is 14.2. The Labute approximate surface area is 108 Å². The number of hydrogen-bond donors (Lipinski definition) is 1. The predicted molar refractivity (Wildman–Crippen MR) is 76.4 cm³/mol. The second kappa shape index (κ2) is 7.38. The van der Waals surface area contributed by atoms with Crippen LogP contribution < -0.4 is 5.32 Å². The van der Waals surface area contributed by atoms with Gasteiger partial charge in [-0.3, -0.25) is 4.90 Å². The summed E-state index contributed by atoms with van der Waals surface area (Å²) >= 11 is 0. The van der Waals surface area contributed by atoms with Crippen molar-refractivity contribution in [3.63, 3.8) is 0 Å². The van der Waals surface area contributed by atoms with E-state index in [2.05, 4.69) is 44.8 Å². The lowest BCUT2D eigenvalue weighted by Gasteiger charge is -2.43. The third-order valence-corrected chi connectivity index (χ3v) is 4.34. The summed E-state index contributed by atoms with van der Waals surface area (Å²) in [6, 6.07) is 2.15. The molecule has 0 aromatic heterocycles. The van der Waals surface area contributed by atoms with Crippen LogP contribution in [-0.4, -0.2) is 36.1 Å². The maximum Gasteiger partial charge on any atom is 0.0195 e. The minimum atomic E-state index is 0.696. The Morgan fingerprint density at radius 3 is 2.59 bits per heavy atom. The van der Waals surface area contributed by atoms with Crippen molar-refractivity contribution in [3.05, 3.63) is 0 Å². The van der Waals surface area contributed by atoms with Gasteiger partial charge in [0.15, 0.2) is 0 Å². The Hall–Kier alpha value is -0.0800. The highest BCUT2D eigenvalue weighted by molar-refractivity contribution is 4.86. The minimum Gasteiger partial charge on any atom is -0.311 e. The van der Waals surface area contributed by atoms with Crippen molar-refractivity contribution in [2.24, 2.45) is 5.92 Å². The van der Waals surface area contributed by atoms with Gasteiger partial charge in [0, 0.05) is 31.2 Å². The first kappa shape index (κ1) is 15.0. The number of piperazine rings is 1. The van der Waals surface area contributed by atoms with Crippen LogP contribution in [0, 0.1) is 5.92 Å². The van der Waals surface area contributed by atoms with Crippen LogP contribution in [0.2, 0.25) is 0 Å². The van der Waals surface area contributed by atoms with Gasteiger partial charge in [-0.05, 0) is 32.6 Å². The summed E-state index contributed by atoms with van der Waals surface area (Å²) in [7, 11) is 0. The van der Waals surface area contributed by atoms with Crippen LogP contribution in [0.15, 0.2) is 0 Å². The second-order valence-corrected chi connectivity index (χ2v) is 6.04. The average molecular weight is 240 g/mol. The highest BCUT2D eigenvalue weighted by atomic mass is 15.2. The summed E-state index contributed by atoms with van der Waals surface area (Å²) < 4.78 is 0. The smallest absolute Gasteiger partial charge is 0.0195 e. The number of nitrogens with one attached hydrogen (secondary N) is 1. The maximum absolute atomic E-state index is 3.68. The molecule has 0 aromatic carbocycles. The van der Waals surface area contributed by atoms with Gasteiger partial charge in [0.05, 0.1) is 0 Å². The van der Waals surface area contributed by atoms with Crippen molar-refractivity contribution in [3.8, 4) is 0 Å². The molecule has 1 aliphatic rings. The molecule has 0 radical (unpaired) electrons. The molecule has 1 rings (SSSR count). The van der Waals surface area contributed by atoms with Gasteiger partial charge in [-0.2, -0.15) is 0 Å². The average Bonchev–Trinajstić information content (AvgIpc) is 2.31. The van der Waals surface area contributed by atoms with Crippen LogP contribution in [0.4, 0.5) is 0 Å². The lowest BCUT2D eigenvalue weighted by atomic mass is 9.96. The first-order chi connectivity index (χ1) is 8.08. The summed E-state index contributed by atoms with van der Waals surface area (Å²) in [5, 5.41) is 3.68. The molecule has 1 N–H and O–H groups in total. The molecular weight excluding hydrogens is 208 g/mol. The van der Waals surface area contributed by atoms with E-state index in [-0.39, 0.29) is 0 Å². The van der Waals surface area contributed by atoms with E-state index in [1.165, 1.54) is 32.2 Å². The van der Waals surface area contributed by atoms with Crippen LogP contribution >= 0.6 is 0 Å². The monoisotopic (exact) mass is 240 g/mol. The van der Waals surface area contributed by atoms with Gasteiger partial charge in [0.2, 0.25) is 0 Å². The van der Waals surface area contributed by atoms with E-state index in [0.29, 0.717) is 6.04 Å². The number of nitrogens with zero attached hydrogens (tertiary/aromatic N) is 1. The Morgan fingerprint density at radius 1 is 1.29 bits per heavy atom. The molecule has 0 bridgehead atoms. The van der Waals surface area contributed by atoms with Crippen molar-refractivity contribution in [2.45, 2.75) is 78.4 Å². The maximum atomic E-state index is 3.68. The zero-order valence-electron chi connectivity index (χ0n) is 12.5. The molecule has 17 heavy (non-hydrogen) atoms. The topological polar surface area (TPSA) is 15.3 Å². The minimum absolute atomic E-state index is 0.696. The molecule has 0 spiro atoms. The third-order valence-electron chi connectivity index (χ3n) is 4.34. The molecule has 1 saturated heterocycles. The molecule has 1 fully saturated rings. The SMILES string of the molecule is CCCC1CN(C(C)CC(C)CC)C(C)CN1. The van der Waals surface area contributed by atoms with Crippen molar-refractivity contribution >= 4 is 0 Å². The van der Waals surface area contributed by atoms with Crippen LogP contribution in [0.3, 0.4) is 0 Å². The van der Waals surface area contributed by atoms with Crippen molar-refractivity contribution in [1.82, 2.24) is 10.2 Å². The normalized spacial score (nSPS) is 30.2. The molecule has 2 nitrogen and oxygen atoms in total. The van der Waals surface area contributed by atoms with Crippen LogP contribution in [0.25, 0.3) is 0 Å². The third kappa shape index (κ3) is 4.59. The van der Waals surface area contributed by atoms with Gasteiger partial charge >= 0.3 is 0 Å². The largest absolute Gasteiger partial charge is 0.311 e. The lowest BCUT2D eigenvalue weighted by molar-refractivity contribution is 0.0839. The van der Waals surface area contributed by atoms with Gasteiger partial charge in [-0.1, -0.05) is 33.6 Å². The molecule has 102 valence electrons. The molecular formula is C15H32N2. The van der Waals surface area contributed by atoms with Crippen LogP contribution in [0.1, 0.15) is 60.3 Å². The van der Waals surface area contributed by atoms with Gasteiger partial charge in [0.1, 0.15) is 0 Å². The van der Waals surface area contributed by atoms with E-state index in [0.717, 1.165) is 24.5 Å². The van der Waals surface area contributed by atoms with E-state index in [1.807, 2.05) is 0 Å². The summed E-state index contributed by atoms with van der Waals surface area (Å²) in [5.41, 5.74) is 0. The van der Waals surface area contributed by atoms with Gasteiger partial charge in [0.25, 0.3) is 0 Å². The molecule has 1 aliphatic heterocycles. The molecule has 0 aromatic rings. The van der Waals surface area contributed by atoms with Crippen molar-refractivity contribution in [2.75, 3.05) is 13.1 Å². The fourth-order valence-corrected chi connectivity index (χ4v) is 2.99. The Morgan fingerprint density at radius 2 is 2.00 bits per heavy atom. The van der Waals surface area contributed by atoms with E-state index < -0.39 is 0 Å². The Kier molecular flexibility index (Phi) is 6.50. The summed E-state index contributed by atoms with van der Waals surface area (Å²) in [4.78, 5) is 2.73. The predicted octanol–water partition coefficient (Wildman–Crippen LogP) is 3.27. The molecule has 2 heteroatoms. The van der Waals surface area contributed by atoms with Gasteiger partial charge < -0.3 is 5.32 Å². The zero-order chi connectivity index (χ0) is 12.8. The first-order valence-corrected chi connectivity index (χ1v) is 7.57. The highest BCUT2D eigenvalue weighted by Gasteiger charge is 2.28. The van der Waals surface area contributed by atoms with Gasteiger partial charge in [-0.25, -0.2) is 0 Å². The molecule has 4 atom stereocenters. The Bertz CT molecular complexity index is 205. The molecule has 0 amide bonds. The fraction of sp³-hybridized carbons (Fsp3) is 1.00. The van der Waals surface area contributed by atoms with E-state index in [4.69, 9.17) is 0 Å². The van der Waals surface area contributed by atoms with Crippen LogP contribution in [-0.2, 0) is 0 Å². The fourth-order valence-electron chi connectivity index (χ4n) is 2.99. The van der Waals surface area contributed by atoms with E-state index in [9.17, 15) is 0 Å². The quantitative estimate of drug-likeness (QED) is 0.766. The Balaban J connectivity index is 2.47. The number of hydrogen-bond acceptors (Lipinski definition) is 2. The van der Waals surface area contributed by atoms with Gasteiger partial charge in [-0.15, -0.1) is 0 Å². The molecule has 4 unspecified atom stereocenters. The summed E-state index contributed by atoms with van der Waals surface area (Å²) in [6.07, 6.45) is 5.27.